The van der Waals surface area contributed by atoms with Crippen LogP contribution in [0.25, 0.3) is 33.0 Å². The van der Waals surface area contributed by atoms with Gasteiger partial charge in [0.2, 0.25) is 0 Å². The van der Waals surface area contributed by atoms with E-state index in [1.165, 1.54) is 33.2 Å². The first-order valence-electron chi connectivity index (χ1n) is 8.08. The zero-order valence-corrected chi connectivity index (χ0v) is 14.2. The van der Waals surface area contributed by atoms with Crippen molar-refractivity contribution in [3.8, 4) is 22.3 Å². The van der Waals surface area contributed by atoms with Gasteiger partial charge in [-0.2, -0.15) is 0 Å². The molecule has 0 N–H and O–H groups in total. The summed E-state index contributed by atoms with van der Waals surface area (Å²) in [5.74, 6) is 0. The molecular weight excluding hydrogens is 312 g/mol. The molecule has 0 nitrogen and oxygen atoms in total. The van der Waals surface area contributed by atoms with Crippen LogP contribution in [0, 0.1) is 6.92 Å². The summed E-state index contributed by atoms with van der Waals surface area (Å²) >= 11 is 6.49. The molecule has 0 saturated heterocycles. The molecule has 1 heteroatoms. The molecule has 0 aliphatic carbocycles. The van der Waals surface area contributed by atoms with E-state index in [0.717, 1.165) is 10.4 Å². The topological polar surface area (TPSA) is 0 Å². The molecule has 0 spiro atoms. The summed E-state index contributed by atoms with van der Waals surface area (Å²) in [6.07, 6.45) is 0. The molecule has 0 saturated carbocycles. The predicted octanol–water partition coefficient (Wildman–Crippen LogP) is 7.14. The molecule has 0 radical (unpaired) electrons. The minimum absolute atomic E-state index is 0.799. The maximum Gasteiger partial charge on any atom is 0.0484 e. The molecule has 0 atom stereocenters. The number of hydrogen-bond donors (Lipinski definition) is 0. The third-order valence-electron chi connectivity index (χ3n) is 4.45. The van der Waals surface area contributed by atoms with Crippen molar-refractivity contribution < 1.29 is 0 Å². The molecule has 24 heavy (non-hydrogen) atoms. The van der Waals surface area contributed by atoms with Crippen LogP contribution in [0.1, 0.15) is 5.56 Å². The van der Waals surface area contributed by atoms with E-state index < -0.39 is 0 Å². The second kappa shape index (κ2) is 6.14. The second-order valence-electron chi connectivity index (χ2n) is 6.01. The molecule has 0 aliphatic heterocycles. The molecule has 0 fully saturated rings. The lowest BCUT2D eigenvalue weighted by atomic mass is 9.87. The molecule has 0 bridgehead atoms. The fraction of sp³-hybridized carbons (Fsp3) is 0.0435. The monoisotopic (exact) mass is 328 g/mol. The fourth-order valence-electron chi connectivity index (χ4n) is 3.40. The van der Waals surface area contributed by atoms with E-state index in [2.05, 4.69) is 79.7 Å². The lowest BCUT2D eigenvalue weighted by Crippen LogP contribution is -1.92. The van der Waals surface area contributed by atoms with E-state index in [1.54, 1.807) is 0 Å². The maximum absolute atomic E-state index is 6.49. The Balaban J connectivity index is 2.18. The summed E-state index contributed by atoms with van der Waals surface area (Å²) in [5.41, 5.74) is 6.21. The average molecular weight is 329 g/mol. The van der Waals surface area contributed by atoms with E-state index in [4.69, 9.17) is 11.6 Å². The number of hydrogen-bond acceptors (Lipinski definition) is 0. The van der Waals surface area contributed by atoms with Gasteiger partial charge in [-0.1, -0.05) is 84.4 Å². The Morgan fingerprint density at radius 2 is 1.17 bits per heavy atom. The summed E-state index contributed by atoms with van der Waals surface area (Å²) in [6.45, 7) is 2.16. The van der Waals surface area contributed by atoms with Crippen LogP contribution < -0.4 is 0 Å². The molecule has 0 amide bonds. The van der Waals surface area contributed by atoms with Gasteiger partial charge in [0.15, 0.2) is 0 Å². The highest BCUT2D eigenvalue weighted by Gasteiger charge is 2.15. The van der Waals surface area contributed by atoms with Gasteiger partial charge in [0, 0.05) is 10.4 Å². The molecule has 0 heterocycles. The van der Waals surface area contributed by atoms with Crippen molar-refractivity contribution in [2.75, 3.05) is 0 Å². The average Bonchev–Trinajstić information content (AvgIpc) is 2.63. The van der Waals surface area contributed by atoms with Gasteiger partial charge in [-0.3, -0.25) is 0 Å². The van der Waals surface area contributed by atoms with Crippen molar-refractivity contribution in [2.45, 2.75) is 6.92 Å². The highest BCUT2D eigenvalue weighted by atomic mass is 35.5. The fourth-order valence-corrected chi connectivity index (χ4v) is 3.63. The number of fused-ring (bicyclic) bond motifs is 1. The van der Waals surface area contributed by atoms with Crippen LogP contribution >= 0.6 is 11.6 Å². The number of halogens is 1. The highest BCUT2D eigenvalue weighted by molar-refractivity contribution is 6.36. The quantitative estimate of drug-likeness (QED) is 0.367. The molecule has 4 rings (SSSR count). The Morgan fingerprint density at radius 1 is 0.583 bits per heavy atom. The van der Waals surface area contributed by atoms with Crippen LogP contribution in [0.3, 0.4) is 0 Å². The predicted molar refractivity (Wildman–Crippen MR) is 105 cm³/mol. The van der Waals surface area contributed by atoms with Gasteiger partial charge in [0.1, 0.15) is 0 Å². The van der Waals surface area contributed by atoms with Gasteiger partial charge in [0.25, 0.3) is 0 Å². The van der Waals surface area contributed by atoms with E-state index in [9.17, 15) is 0 Å². The van der Waals surface area contributed by atoms with Crippen molar-refractivity contribution in [3.05, 3.63) is 95.5 Å². The molecule has 0 aromatic heterocycles. The first kappa shape index (κ1) is 15.0. The van der Waals surface area contributed by atoms with Gasteiger partial charge in [0.05, 0.1) is 0 Å². The Bertz CT molecular complexity index is 1000. The molecule has 0 unspecified atom stereocenters. The van der Waals surface area contributed by atoms with E-state index >= 15 is 0 Å². The number of rotatable bonds is 2. The second-order valence-corrected chi connectivity index (χ2v) is 6.42. The summed E-state index contributed by atoms with van der Waals surface area (Å²) in [4.78, 5) is 0. The van der Waals surface area contributed by atoms with Gasteiger partial charge in [-0.25, -0.2) is 0 Å². The van der Waals surface area contributed by atoms with E-state index in [1.807, 2.05) is 12.1 Å². The summed E-state index contributed by atoms with van der Waals surface area (Å²) < 4.78 is 0. The third-order valence-corrected chi connectivity index (χ3v) is 4.78. The van der Waals surface area contributed by atoms with E-state index in [0.29, 0.717) is 0 Å². The van der Waals surface area contributed by atoms with Crippen LogP contribution in [-0.4, -0.2) is 0 Å². The molecule has 0 aliphatic rings. The Hall–Kier alpha value is -2.57. The van der Waals surface area contributed by atoms with E-state index in [-0.39, 0.29) is 0 Å². The van der Waals surface area contributed by atoms with Gasteiger partial charge >= 0.3 is 0 Å². The Morgan fingerprint density at radius 3 is 1.79 bits per heavy atom. The van der Waals surface area contributed by atoms with Gasteiger partial charge < -0.3 is 0 Å². The maximum atomic E-state index is 6.49. The zero-order valence-electron chi connectivity index (χ0n) is 13.5. The van der Waals surface area contributed by atoms with Crippen molar-refractivity contribution >= 4 is 22.4 Å². The Kier molecular flexibility index (Phi) is 3.84. The van der Waals surface area contributed by atoms with Crippen LogP contribution in [0.2, 0.25) is 5.02 Å². The van der Waals surface area contributed by atoms with Crippen molar-refractivity contribution in [1.82, 2.24) is 0 Å². The standard InChI is InChI=1S/C23H17Cl/c1-16-15-20-19(13-8-14-21(20)24)23(18-11-6-3-7-12-18)22(16)17-9-4-2-5-10-17/h2-15H,1H3. The summed E-state index contributed by atoms with van der Waals surface area (Å²) in [6, 6.07) is 29.5. The minimum atomic E-state index is 0.799. The number of benzene rings is 4. The normalized spacial score (nSPS) is 10.9. The van der Waals surface area contributed by atoms with Crippen molar-refractivity contribution in [3.63, 3.8) is 0 Å². The van der Waals surface area contributed by atoms with Crippen LogP contribution in [0.5, 0.6) is 0 Å². The number of aryl methyl sites for hydroxylation is 1. The first-order valence-corrected chi connectivity index (χ1v) is 8.46. The van der Waals surface area contributed by atoms with Crippen molar-refractivity contribution in [1.29, 1.82) is 0 Å². The Labute approximate surface area is 147 Å². The summed E-state index contributed by atoms with van der Waals surface area (Å²) in [7, 11) is 0. The largest absolute Gasteiger partial charge is 0.0837 e. The SMILES string of the molecule is Cc1cc2c(Cl)cccc2c(-c2ccccc2)c1-c1ccccc1. The summed E-state index contributed by atoms with van der Waals surface area (Å²) in [5, 5.41) is 3.10. The van der Waals surface area contributed by atoms with Gasteiger partial charge in [-0.05, 0) is 52.3 Å². The molecule has 116 valence electrons. The highest BCUT2D eigenvalue weighted by Crippen LogP contribution is 2.42. The zero-order chi connectivity index (χ0) is 16.5. The minimum Gasteiger partial charge on any atom is -0.0837 e. The van der Waals surface area contributed by atoms with Crippen molar-refractivity contribution in [2.24, 2.45) is 0 Å². The molecule has 4 aromatic rings. The first-order chi connectivity index (χ1) is 11.8. The lowest BCUT2D eigenvalue weighted by Gasteiger charge is -2.18. The molecular formula is C23H17Cl. The third kappa shape index (κ3) is 2.50. The van der Waals surface area contributed by atoms with Crippen LogP contribution in [0.4, 0.5) is 0 Å². The van der Waals surface area contributed by atoms with Crippen LogP contribution in [-0.2, 0) is 0 Å². The smallest absolute Gasteiger partial charge is 0.0484 e. The lowest BCUT2D eigenvalue weighted by molar-refractivity contribution is 1.48. The molecule has 4 aromatic carbocycles. The van der Waals surface area contributed by atoms with Crippen LogP contribution in [0.15, 0.2) is 84.9 Å². The van der Waals surface area contributed by atoms with Gasteiger partial charge in [-0.15, -0.1) is 0 Å².